The van der Waals surface area contributed by atoms with E-state index in [2.05, 4.69) is 10.3 Å². The van der Waals surface area contributed by atoms with E-state index >= 15 is 0 Å². The number of ether oxygens (including phenoxy) is 1. The largest absolute Gasteiger partial charge is 0.399 e. The molecule has 0 spiro atoms. The number of amides is 3. The van der Waals surface area contributed by atoms with Gasteiger partial charge in [0.2, 0.25) is 11.8 Å². The van der Waals surface area contributed by atoms with E-state index in [9.17, 15) is 27.7 Å². The second-order valence-corrected chi connectivity index (χ2v) is 15.7. The van der Waals surface area contributed by atoms with Crippen LogP contribution in [-0.4, -0.2) is 85.2 Å². The van der Waals surface area contributed by atoms with Crippen LogP contribution in [0.1, 0.15) is 53.2 Å². The molecule has 2 aromatic heterocycles. The van der Waals surface area contributed by atoms with Crippen molar-refractivity contribution < 1.29 is 42.3 Å². The smallest absolute Gasteiger partial charge is 0.367 e. The van der Waals surface area contributed by atoms with Crippen LogP contribution in [0, 0.1) is 11.8 Å². The maximum atomic E-state index is 14.3. The van der Waals surface area contributed by atoms with Crippen molar-refractivity contribution in [2.45, 2.75) is 61.5 Å². The number of methoxy groups -OCH3 is 1. The summed E-state index contributed by atoms with van der Waals surface area (Å²) in [7, 11) is -2.29. The van der Waals surface area contributed by atoms with E-state index in [1.807, 2.05) is 17.8 Å². The number of likely N-dealkylation sites (tertiary alicyclic amines) is 1. The topological polar surface area (TPSA) is 154 Å². The minimum absolute atomic E-state index is 0.0995. The molecule has 3 saturated heterocycles. The van der Waals surface area contributed by atoms with Crippen molar-refractivity contribution in [2.75, 3.05) is 20.2 Å². The number of halogens is 2. The van der Waals surface area contributed by atoms with Gasteiger partial charge in [0.15, 0.2) is 5.60 Å². The number of carbonyl (C=O) groups is 3. The van der Waals surface area contributed by atoms with Crippen LogP contribution < -0.4 is 5.32 Å². The van der Waals surface area contributed by atoms with Gasteiger partial charge in [-0.1, -0.05) is 6.07 Å². The predicted molar refractivity (Wildman–Crippen MR) is 162 cm³/mol. The highest BCUT2D eigenvalue weighted by Gasteiger charge is 2.56. The molecule has 3 aromatic rings. The third-order valence-electron chi connectivity index (χ3n) is 10.1. The highest BCUT2D eigenvalue weighted by Crippen LogP contribution is 2.59. The van der Waals surface area contributed by atoms with Gasteiger partial charge in [-0.2, -0.15) is 8.78 Å². The van der Waals surface area contributed by atoms with Crippen LogP contribution in [0.5, 0.6) is 0 Å². The van der Waals surface area contributed by atoms with Gasteiger partial charge >= 0.3 is 13.3 Å². The number of hydrogen-bond acceptors (Lipinski definition) is 7. The molecule has 7 rings (SSSR count). The van der Waals surface area contributed by atoms with Crippen molar-refractivity contribution in [3.8, 4) is 0 Å². The first-order chi connectivity index (χ1) is 21.7. The van der Waals surface area contributed by atoms with Gasteiger partial charge in [-0.3, -0.25) is 18.9 Å². The Kier molecular flexibility index (Phi) is 7.44. The van der Waals surface area contributed by atoms with Gasteiger partial charge in [0, 0.05) is 42.9 Å². The minimum Gasteiger partial charge on any atom is -0.367 e. The van der Waals surface area contributed by atoms with Crippen molar-refractivity contribution in [2.24, 2.45) is 18.9 Å². The van der Waals surface area contributed by atoms with Gasteiger partial charge in [-0.25, -0.2) is 4.98 Å². The summed E-state index contributed by atoms with van der Waals surface area (Å²) < 4.78 is 48.1. The molecule has 1 aromatic carbocycles. The summed E-state index contributed by atoms with van der Waals surface area (Å²) >= 11 is 1.03. The quantitative estimate of drug-likeness (QED) is 0.323. The van der Waals surface area contributed by atoms with Crippen LogP contribution in [-0.2, 0) is 37.2 Å². The molecule has 46 heavy (non-hydrogen) atoms. The van der Waals surface area contributed by atoms with Crippen molar-refractivity contribution in [1.82, 2.24) is 24.7 Å². The fraction of sp³-hybridized carbons (Fsp3) is 0.533. The van der Waals surface area contributed by atoms with Gasteiger partial charge in [0.1, 0.15) is 17.9 Å². The van der Waals surface area contributed by atoms with Crippen LogP contribution in [0.15, 0.2) is 36.7 Å². The van der Waals surface area contributed by atoms with E-state index in [0.29, 0.717) is 48.9 Å². The Morgan fingerprint density at radius 1 is 1.15 bits per heavy atom. The van der Waals surface area contributed by atoms with Crippen LogP contribution in [0.2, 0.25) is 0 Å². The fourth-order valence-corrected chi connectivity index (χ4v) is 8.90. The fourth-order valence-electron chi connectivity index (χ4n) is 7.47. The molecular formula is C30H34F2N5O7PS. The Bertz CT molecular complexity index is 1790. The number of thiophene rings is 1. The Labute approximate surface area is 266 Å². The lowest BCUT2D eigenvalue weighted by atomic mass is 9.91. The monoisotopic (exact) mass is 677 g/mol. The molecule has 0 radical (unpaired) electrons. The van der Waals surface area contributed by atoms with E-state index in [-0.39, 0.29) is 28.1 Å². The lowest BCUT2D eigenvalue weighted by Crippen LogP contribution is -2.66. The number of carbonyl (C=O) groups excluding carboxylic acids is 3. The molecule has 1 saturated carbocycles. The van der Waals surface area contributed by atoms with E-state index in [1.54, 1.807) is 23.1 Å². The summed E-state index contributed by atoms with van der Waals surface area (Å²) in [4.78, 5) is 67.7. The number of aromatic nitrogens is 2. The Balaban J connectivity index is 1.09. The molecule has 16 heteroatoms. The predicted octanol–water partition coefficient (Wildman–Crippen LogP) is 3.13. The molecule has 12 nitrogen and oxygen atoms in total. The van der Waals surface area contributed by atoms with E-state index in [4.69, 9.17) is 14.5 Å². The maximum Gasteiger partial charge on any atom is 0.399 e. The second kappa shape index (κ2) is 10.9. The maximum absolute atomic E-state index is 14.3. The van der Waals surface area contributed by atoms with Crippen molar-refractivity contribution >= 4 is 46.7 Å². The summed E-state index contributed by atoms with van der Waals surface area (Å²) in [6.45, 7) is 0.629. The molecule has 5 atom stereocenters. The first-order valence-corrected chi connectivity index (χ1v) is 17.6. The second-order valence-electron chi connectivity index (χ2n) is 12.9. The molecule has 4 aliphatic rings. The number of alkyl halides is 2. The third-order valence-corrected chi connectivity index (χ3v) is 12.2. The number of rotatable bonds is 7. The zero-order valence-electron chi connectivity index (χ0n) is 25.1. The van der Waals surface area contributed by atoms with Crippen molar-refractivity contribution in [3.05, 3.63) is 52.9 Å². The Morgan fingerprint density at radius 2 is 1.89 bits per heavy atom. The van der Waals surface area contributed by atoms with Gasteiger partial charge in [0.05, 0.1) is 18.0 Å². The van der Waals surface area contributed by atoms with Crippen molar-refractivity contribution in [3.63, 3.8) is 0 Å². The zero-order chi connectivity index (χ0) is 32.8. The molecule has 1 aliphatic carbocycles. The standard InChI is InChI=1S/C30H34F2N5O7PS/c1-35-8-7-33-28(35)29(44-2)14-36(15-29)27(40)22-5-4-20-11-16-9-17(16)12-21(26(39)37(20)22)34-25(38)24-13-18-10-19(3-6-23(18)46-24)30(31,32)45(41,42)43/h3,6-8,10,13,16-17,20-22H,4-5,9,11-12,14-15H2,1-2H3,(H,34,38)(H2,41,42,43)/t16-,17+,20+,21-,22-/m0/s1. The average molecular weight is 678 g/mol. The first-order valence-electron chi connectivity index (χ1n) is 15.1. The van der Waals surface area contributed by atoms with Crippen LogP contribution in [0.4, 0.5) is 8.78 Å². The highest BCUT2D eigenvalue weighted by molar-refractivity contribution is 7.52. The summed E-state index contributed by atoms with van der Waals surface area (Å²) in [6, 6.07) is 2.95. The number of nitrogens with one attached hydrogen (secondary N) is 1. The molecule has 5 heterocycles. The van der Waals surface area contributed by atoms with E-state index < -0.39 is 42.4 Å². The molecule has 3 amide bonds. The zero-order valence-corrected chi connectivity index (χ0v) is 26.8. The number of imidazole rings is 1. The minimum atomic E-state index is -5.76. The number of fused-ring (bicyclic) bond motifs is 3. The Morgan fingerprint density at radius 3 is 2.57 bits per heavy atom. The summed E-state index contributed by atoms with van der Waals surface area (Å²) in [5.41, 5.74) is -5.95. The first kappa shape index (κ1) is 31.4. The van der Waals surface area contributed by atoms with Crippen molar-refractivity contribution in [1.29, 1.82) is 0 Å². The van der Waals surface area contributed by atoms with Gasteiger partial charge in [-0.05, 0) is 67.5 Å². The SMILES string of the molecule is COC1(c2nccn2C)CN(C(=O)[C@@H]2CC[C@@H]3C[C@@H]4C[C@@H]4C[C@H](NC(=O)c4cc5cc(C(F)(F)P(=O)(O)O)ccc5s4)C(=O)N32)C1. The van der Waals surface area contributed by atoms with E-state index in [1.165, 1.54) is 12.1 Å². The number of benzene rings is 1. The van der Waals surface area contributed by atoms with Gasteiger partial charge in [-0.15, -0.1) is 11.3 Å². The molecule has 0 unspecified atom stereocenters. The van der Waals surface area contributed by atoms with Crippen LogP contribution in [0.25, 0.3) is 10.1 Å². The van der Waals surface area contributed by atoms with Crippen LogP contribution in [0.3, 0.4) is 0 Å². The molecule has 3 aliphatic heterocycles. The third kappa shape index (κ3) is 5.07. The summed E-state index contributed by atoms with van der Waals surface area (Å²) in [5.74, 6) is 0.431. The number of nitrogens with zero attached hydrogens (tertiary/aromatic N) is 4. The lowest BCUT2D eigenvalue weighted by Gasteiger charge is -2.49. The molecule has 3 N–H and O–H groups in total. The molecule has 246 valence electrons. The lowest BCUT2D eigenvalue weighted by molar-refractivity contribution is -0.173. The highest BCUT2D eigenvalue weighted by atomic mass is 32.1. The molecule has 4 fully saturated rings. The Hall–Kier alpha value is -3.23. The molecular weight excluding hydrogens is 643 g/mol. The van der Waals surface area contributed by atoms with E-state index in [0.717, 1.165) is 42.1 Å². The number of aryl methyl sites for hydroxylation is 1. The van der Waals surface area contributed by atoms with Gasteiger partial charge < -0.3 is 34.2 Å². The summed E-state index contributed by atoms with van der Waals surface area (Å²) in [6.07, 6.45) is 6.96. The van der Waals surface area contributed by atoms with Gasteiger partial charge in [0.25, 0.3) is 5.91 Å². The average Bonchev–Trinajstić information content (AvgIpc) is 3.32. The number of hydrogen-bond donors (Lipinski definition) is 3. The molecule has 0 bridgehead atoms. The van der Waals surface area contributed by atoms with Crippen LogP contribution >= 0.6 is 18.9 Å². The summed E-state index contributed by atoms with van der Waals surface area (Å²) in [5, 5.41) is 3.09. The normalized spacial score (nSPS) is 27.4.